The van der Waals surface area contributed by atoms with Gasteiger partial charge in [0.15, 0.2) is 6.10 Å². The van der Waals surface area contributed by atoms with E-state index in [1.54, 1.807) is 5.06 Å². The molecule has 31 heavy (non-hydrogen) atoms. The van der Waals surface area contributed by atoms with Crippen LogP contribution in [0.2, 0.25) is 0 Å². The summed E-state index contributed by atoms with van der Waals surface area (Å²) < 4.78 is 0.907. The van der Waals surface area contributed by atoms with E-state index in [0.29, 0.717) is 5.69 Å². The van der Waals surface area contributed by atoms with Gasteiger partial charge < -0.3 is 0 Å². The number of benzene rings is 3. The largest absolute Gasteiger partial charge is 0.273 e. The minimum atomic E-state index is -0.863. The normalized spacial score (nSPS) is 22.9. The average molecular weight is 477 g/mol. The van der Waals surface area contributed by atoms with Crippen molar-refractivity contribution in [2.45, 2.75) is 26.0 Å². The lowest BCUT2D eigenvalue weighted by Crippen LogP contribution is -2.37. The molecule has 2 aliphatic heterocycles. The average Bonchev–Trinajstić information content (AvgIpc) is 3.24. The molecule has 0 radical (unpaired) electrons. The molecule has 0 aromatic heterocycles. The second-order valence-electron chi connectivity index (χ2n) is 8.07. The molecule has 3 aromatic carbocycles. The van der Waals surface area contributed by atoms with Gasteiger partial charge in [-0.2, -0.15) is 0 Å². The van der Waals surface area contributed by atoms with Gasteiger partial charge in [0, 0.05) is 4.47 Å². The first-order valence-corrected chi connectivity index (χ1v) is 11.0. The van der Waals surface area contributed by atoms with E-state index in [4.69, 9.17) is 4.84 Å². The number of rotatable bonds is 3. The summed E-state index contributed by atoms with van der Waals surface area (Å²) in [5.74, 6) is -1.19. The molecule has 3 atom stereocenters. The monoisotopic (exact) mass is 476 g/mol. The molecule has 0 N–H and O–H groups in total. The predicted molar refractivity (Wildman–Crippen MR) is 123 cm³/mol. The smallest absolute Gasteiger partial charge is 0.266 e. The topological polar surface area (TPSA) is 49.9 Å². The Balaban J connectivity index is 1.60. The number of hydrogen-bond acceptors (Lipinski definition) is 4. The Kier molecular flexibility index (Phi) is 4.91. The molecule has 0 spiro atoms. The highest BCUT2D eigenvalue weighted by atomic mass is 79.9. The molecular weight excluding hydrogens is 456 g/mol. The van der Waals surface area contributed by atoms with Gasteiger partial charge in [0.25, 0.3) is 5.91 Å². The second kappa shape index (κ2) is 7.62. The first kappa shape index (κ1) is 20.0. The van der Waals surface area contributed by atoms with Crippen LogP contribution in [0.15, 0.2) is 77.3 Å². The summed E-state index contributed by atoms with van der Waals surface area (Å²) in [4.78, 5) is 34.5. The number of halogens is 1. The molecule has 0 bridgehead atoms. The summed E-state index contributed by atoms with van der Waals surface area (Å²) in [6.07, 6.45) is -0.863. The molecular formula is C25H21BrN2O3. The van der Waals surface area contributed by atoms with E-state index < -0.39 is 18.1 Å². The van der Waals surface area contributed by atoms with Gasteiger partial charge in [0.05, 0.1) is 17.4 Å². The van der Waals surface area contributed by atoms with Gasteiger partial charge in [-0.3, -0.25) is 14.4 Å². The fraction of sp³-hybridized carbons (Fsp3) is 0.200. The van der Waals surface area contributed by atoms with E-state index in [-0.39, 0.29) is 11.8 Å². The number of hydrogen-bond donors (Lipinski definition) is 0. The summed E-state index contributed by atoms with van der Waals surface area (Å²) in [6, 6.07) is 22.7. The van der Waals surface area contributed by atoms with Gasteiger partial charge in [-0.05, 0) is 66.9 Å². The van der Waals surface area contributed by atoms with Gasteiger partial charge in [-0.1, -0.05) is 52.3 Å². The number of amides is 2. The Bertz CT molecular complexity index is 1160. The van der Waals surface area contributed by atoms with Crippen molar-refractivity contribution in [2.75, 3.05) is 9.96 Å². The summed E-state index contributed by atoms with van der Waals surface area (Å²) in [7, 11) is 0. The lowest BCUT2D eigenvalue weighted by Gasteiger charge is -2.29. The first-order valence-electron chi connectivity index (χ1n) is 10.2. The first-order chi connectivity index (χ1) is 14.9. The summed E-state index contributed by atoms with van der Waals surface area (Å²) in [5, 5.41) is 1.71. The number of carbonyl (C=O) groups is 2. The summed E-state index contributed by atoms with van der Waals surface area (Å²) in [6.45, 7) is 3.92. The predicted octanol–water partition coefficient (Wildman–Crippen LogP) is 5.12. The van der Waals surface area contributed by atoms with E-state index >= 15 is 0 Å². The van der Waals surface area contributed by atoms with E-state index in [9.17, 15) is 9.59 Å². The van der Waals surface area contributed by atoms with Crippen LogP contribution in [0.5, 0.6) is 0 Å². The number of para-hydroxylation sites is 1. The van der Waals surface area contributed by atoms with Crippen molar-refractivity contribution in [3.8, 4) is 0 Å². The molecule has 6 heteroatoms. The number of nitrogens with zero attached hydrogens (tertiary/aromatic N) is 2. The molecule has 5 nitrogen and oxygen atoms in total. The second-order valence-corrected chi connectivity index (χ2v) is 8.99. The lowest BCUT2D eigenvalue weighted by atomic mass is 9.90. The molecule has 0 aliphatic carbocycles. The van der Waals surface area contributed by atoms with Crippen LogP contribution in [0.25, 0.3) is 0 Å². The van der Waals surface area contributed by atoms with Crippen molar-refractivity contribution in [2.24, 2.45) is 5.92 Å². The van der Waals surface area contributed by atoms with E-state index in [1.165, 1.54) is 4.90 Å². The Labute approximate surface area is 189 Å². The lowest BCUT2D eigenvalue weighted by molar-refractivity contribution is -0.126. The van der Waals surface area contributed by atoms with Crippen LogP contribution >= 0.6 is 15.9 Å². The molecule has 2 fully saturated rings. The zero-order chi connectivity index (χ0) is 21.7. The van der Waals surface area contributed by atoms with Crippen LogP contribution in [0.1, 0.15) is 22.7 Å². The number of hydroxylamine groups is 1. The highest BCUT2D eigenvalue weighted by Crippen LogP contribution is 2.47. The molecule has 2 saturated heterocycles. The maximum absolute atomic E-state index is 13.7. The number of imide groups is 1. The molecule has 5 rings (SSSR count). The molecule has 2 amide bonds. The Morgan fingerprint density at radius 3 is 2.19 bits per heavy atom. The number of anilines is 2. The third-order valence-corrected chi connectivity index (χ3v) is 6.27. The van der Waals surface area contributed by atoms with E-state index in [0.717, 1.165) is 26.9 Å². The quantitative estimate of drug-likeness (QED) is 0.492. The highest BCUT2D eigenvalue weighted by Gasteiger charge is 2.60. The van der Waals surface area contributed by atoms with Crippen molar-refractivity contribution in [1.29, 1.82) is 0 Å². The van der Waals surface area contributed by atoms with Crippen molar-refractivity contribution < 1.29 is 14.4 Å². The SMILES string of the molecule is Cc1cc(C)cc(N2C(=O)[C@H]3[C@H](ON(c4ccccc4)[C@H]3c3cccc(Br)c3)C2=O)c1. The van der Waals surface area contributed by atoms with E-state index in [1.807, 2.05) is 86.6 Å². The van der Waals surface area contributed by atoms with Crippen LogP contribution in [0.3, 0.4) is 0 Å². The van der Waals surface area contributed by atoms with Crippen molar-refractivity contribution in [3.05, 3.63) is 94.0 Å². The summed E-state index contributed by atoms with van der Waals surface area (Å²) in [5.41, 5.74) is 4.32. The molecule has 3 aromatic rings. The van der Waals surface area contributed by atoms with Gasteiger partial charge in [-0.15, -0.1) is 0 Å². The van der Waals surface area contributed by atoms with Gasteiger partial charge in [0.1, 0.15) is 5.92 Å². The minimum absolute atomic E-state index is 0.233. The van der Waals surface area contributed by atoms with Crippen LogP contribution in [-0.4, -0.2) is 17.9 Å². The standard InChI is InChI=1S/C25H21BrN2O3/c1-15-11-16(2)13-20(12-15)27-24(29)21-22(17-7-6-8-18(26)14-17)28(31-23(21)25(27)30)19-9-4-3-5-10-19/h3-14,21-23H,1-2H3/t21-,22+,23+/m1/s1. The molecule has 0 saturated carbocycles. The van der Waals surface area contributed by atoms with Crippen LogP contribution in [-0.2, 0) is 14.4 Å². The highest BCUT2D eigenvalue weighted by molar-refractivity contribution is 9.10. The zero-order valence-electron chi connectivity index (χ0n) is 17.2. The van der Waals surface area contributed by atoms with Crippen molar-refractivity contribution >= 4 is 39.1 Å². The molecule has 156 valence electrons. The van der Waals surface area contributed by atoms with Gasteiger partial charge in [-0.25, -0.2) is 9.96 Å². The third-order valence-electron chi connectivity index (χ3n) is 5.78. The van der Waals surface area contributed by atoms with Crippen LogP contribution < -0.4 is 9.96 Å². The zero-order valence-corrected chi connectivity index (χ0v) is 18.7. The summed E-state index contributed by atoms with van der Waals surface area (Å²) >= 11 is 3.53. The maximum Gasteiger partial charge on any atom is 0.266 e. The molecule has 2 aliphatic rings. The number of aryl methyl sites for hydroxylation is 2. The fourth-order valence-electron chi connectivity index (χ4n) is 4.58. The number of carbonyl (C=O) groups excluding carboxylic acids is 2. The fourth-order valence-corrected chi connectivity index (χ4v) is 4.99. The Hall–Kier alpha value is -2.96. The van der Waals surface area contributed by atoms with E-state index in [2.05, 4.69) is 15.9 Å². The number of fused-ring (bicyclic) bond motifs is 1. The van der Waals surface area contributed by atoms with Gasteiger partial charge >= 0.3 is 0 Å². The minimum Gasteiger partial charge on any atom is -0.273 e. The van der Waals surface area contributed by atoms with Crippen molar-refractivity contribution in [1.82, 2.24) is 0 Å². The maximum atomic E-state index is 13.7. The van der Waals surface area contributed by atoms with Crippen molar-refractivity contribution in [3.63, 3.8) is 0 Å². The van der Waals surface area contributed by atoms with Crippen LogP contribution in [0.4, 0.5) is 11.4 Å². The Morgan fingerprint density at radius 1 is 0.806 bits per heavy atom. The third kappa shape index (κ3) is 3.36. The molecule has 2 heterocycles. The molecule has 0 unspecified atom stereocenters. The van der Waals surface area contributed by atoms with Crippen LogP contribution in [0, 0.1) is 19.8 Å². The Morgan fingerprint density at radius 2 is 1.52 bits per heavy atom. The van der Waals surface area contributed by atoms with Gasteiger partial charge in [0.2, 0.25) is 5.91 Å².